The molecule has 6 nitrogen and oxygen atoms in total. The standard InChI is InChI=1S/C15H16ClN3O3/c16-11-8-17-9-18-14(11)15(21)19-5-1-3-10(19)7-12(20)13-4-2-6-22-13/h2,4,6,8-10,12,20H,1,3,5,7H2. The van der Waals surface area contributed by atoms with Crippen molar-refractivity contribution in [2.45, 2.75) is 31.4 Å². The molecule has 0 aliphatic carbocycles. The summed E-state index contributed by atoms with van der Waals surface area (Å²) < 4.78 is 5.21. The second kappa shape index (κ2) is 6.46. The molecule has 1 fully saturated rings. The van der Waals surface area contributed by atoms with Crippen molar-refractivity contribution in [2.75, 3.05) is 6.54 Å². The molecule has 0 aromatic carbocycles. The third-order valence-corrected chi connectivity index (χ3v) is 4.15. The highest BCUT2D eigenvalue weighted by Gasteiger charge is 2.33. The Hall–Kier alpha value is -1.92. The molecule has 2 atom stereocenters. The Bertz CT molecular complexity index is 647. The first-order chi connectivity index (χ1) is 10.7. The van der Waals surface area contributed by atoms with E-state index in [2.05, 4.69) is 9.97 Å². The number of rotatable bonds is 4. The van der Waals surface area contributed by atoms with Crippen molar-refractivity contribution in [3.63, 3.8) is 0 Å². The maximum Gasteiger partial charge on any atom is 0.274 e. The third kappa shape index (κ3) is 2.98. The smallest absolute Gasteiger partial charge is 0.274 e. The lowest BCUT2D eigenvalue weighted by atomic mass is 10.0. The van der Waals surface area contributed by atoms with Crippen molar-refractivity contribution in [3.05, 3.63) is 47.4 Å². The van der Waals surface area contributed by atoms with E-state index in [1.54, 1.807) is 17.0 Å². The molecule has 0 saturated carbocycles. The number of aliphatic hydroxyl groups excluding tert-OH is 1. The van der Waals surface area contributed by atoms with Crippen molar-refractivity contribution in [3.8, 4) is 0 Å². The van der Waals surface area contributed by atoms with Gasteiger partial charge in [0.2, 0.25) is 0 Å². The Morgan fingerprint density at radius 3 is 3.18 bits per heavy atom. The number of furan rings is 1. The predicted octanol–water partition coefficient (Wildman–Crippen LogP) is 2.45. The fraction of sp³-hybridized carbons (Fsp3) is 0.400. The number of carbonyl (C=O) groups is 1. The molecule has 3 heterocycles. The molecule has 1 saturated heterocycles. The van der Waals surface area contributed by atoms with Crippen LogP contribution in [-0.2, 0) is 0 Å². The first-order valence-corrected chi connectivity index (χ1v) is 7.52. The van der Waals surface area contributed by atoms with Gasteiger partial charge in [0.25, 0.3) is 5.91 Å². The summed E-state index contributed by atoms with van der Waals surface area (Å²) in [7, 11) is 0. The zero-order valence-electron chi connectivity index (χ0n) is 11.9. The zero-order chi connectivity index (χ0) is 15.5. The van der Waals surface area contributed by atoms with Gasteiger partial charge in [-0.25, -0.2) is 9.97 Å². The lowest BCUT2D eigenvalue weighted by Gasteiger charge is -2.26. The van der Waals surface area contributed by atoms with E-state index >= 15 is 0 Å². The zero-order valence-corrected chi connectivity index (χ0v) is 12.6. The van der Waals surface area contributed by atoms with Gasteiger partial charge in [-0.3, -0.25) is 4.79 Å². The summed E-state index contributed by atoms with van der Waals surface area (Å²) in [5, 5.41) is 10.5. The van der Waals surface area contributed by atoms with Crippen LogP contribution in [0.25, 0.3) is 0 Å². The van der Waals surface area contributed by atoms with E-state index in [-0.39, 0.29) is 22.7 Å². The van der Waals surface area contributed by atoms with Gasteiger partial charge in [-0.05, 0) is 25.0 Å². The minimum absolute atomic E-state index is 0.0568. The largest absolute Gasteiger partial charge is 0.467 e. The van der Waals surface area contributed by atoms with E-state index in [0.29, 0.717) is 18.7 Å². The topological polar surface area (TPSA) is 79.5 Å². The molecular weight excluding hydrogens is 306 g/mol. The molecule has 7 heteroatoms. The van der Waals surface area contributed by atoms with Crippen LogP contribution in [0.5, 0.6) is 0 Å². The molecule has 22 heavy (non-hydrogen) atoms. The fourth-order valence-corrected chi connectivity index (χ4v) is 2.99. The second-order valence-corrected chi connectivity index (χ2v) is 5.69. The number of aromatic nitrogens is 2. The molecule has 2 unspecified atom stereocenters. The van der Waals surface area contributed by atoms with Gasteiger partial charge < -0.3 is 14.4 Å². The number of likely N-dealkylation sites (tertiary alicyclic amines) is 1. The average molecular weight is 322 g/mol. The first-order valence-electron chi connectivity index (χ1n) is 7.14. The van der Waals surface area contributed by atoms with Gasteiger partial charge in [0.05, 0.1) is 11.3 Å². The molecule has 3 rings (SSSR count). The van der Waals surface area contributed by atoms with Gasteiger partial charge in [0, 0.05) is 25.2 Å². The van der Waals surface area contributed by atoms with Crippen LogP contribution >= 0.6 is 11.6 Å². The third-order valence-electron chi connectivity index (χ3n) is 3.88. The van der Waals surface area contributed by atoms with E-state index in [0.717, 1.165) is 12.8 Å². The summed E-state index contributed by atoms with van der Waals surface area (Å²) in [5.74, 6) is 0.293. The van der Waals surface area contributed by atoms with Crippen LogP contribution in [0, 0.1) is 0 Å². The molecule has 1 amide bonds. The van der Waals surface area contributed by atoms with E-state index in [1.807, 2.05) is 0 Å². The Morgan fingerprint density at radius 2 is 2.45 bits per heavy atom. The maximum absolute atomic E-state index is 12.6. The van der Waals surface area contributed by atoms with Gasteiger partial charge in [-0.1, -0.05) is 11.6 Å². The second-order valence-electron chi connectivity index (χ2n) is 5.28. The molecule has 0 radical (unpaired) electrons. The van der Waals surface area contributed by atoms with Crippen molar-refractivity contribution >= 4 is 17.5 Å². The minimum atomic E-state index is -0.728. The molecule has 1 N–H and O–H groups in total. The summed E-state index contributed by atoms with van der Waals surface area (Å²) in [5.41, 5.74) is 0.205. The number of nitrogens with zero attached hydrogens (tertiary/aromatic N) is 3. The summed E-state index contributed by atoms with van der Waals surface area (Å²) in [4.78, 5) is 22.1. The number of hydrogen-bond acceptors (Lipinski definition) is 5. The van der Waals surface area contributed by atoms with Crippen molar-refractivity contribution in [1.29, 1.82) is 0 Å². The van der Waals surface area contributed by atoms with Crippen LogP contribution in [0.4, 0.5) is 0 Å². The van der Waals surface area contributed by atoms with Crippen LogP contribution in [0.2, 0.25) is 5.02 Å². The highest BCUT2D eigenvalue weighted by atomic mass is 35.5. The van der Waals surface area contributed by atoms with Crippen LogP contribution in [0.3, 0.4) is 0 Å². The monoisotopic (exact) mass is 321 g/mol. The molecule has 0 spiro atoms. The summed E-state index contributed by atoms with van der Waals surface area (Å²) in [6.07, 6.45) is 5.68. The summed E-state index contributed by atoms with van der Waals surface area (Å²) in [6.45, 7) is 0.634. The Balaban J connectivity index is 1.73. The fourth-order valence-electron chi connectivity index (χ4n) is 2.81. The number of amides is 1. The predicted molar refractivity (Wildman–Crippen MR) is 79.4 cm³/mol. The van der Waals surface area contributed by atoms with Gasteiger partial charge in [0.15, 0.2) is 0 Å². The van der Waals surface area contributed by atoms with Crippen LogP contribution in [-0.4, -0.2) is 38.5 Å². The summed E-state index contributed by atoms with van der Waals surface area (Å²) >= 11 is 6.00. The lowest BCUT2D eigenvalue weighted by Crippen LogP contribution is -2.37. The highest BCUT2D eigenvalue weighted by molar-refractivity contribution is 6.33. The first kappa shape index (κ1) is 15.0. The summed E-state index contributed by atoms with van der Waals surface area (Å²) in [6, 6.07) is 3.41. The average Bonchev–Trinajstić information content (AvgIpc) is 3.18. The van der Waals surface area contributed by atoms with E-state index in [1.165, 1.54) is 18.8 Å². The molecule has 0 bridgehead atoms. The quantitative estimate of drug-likeness (QED) is 0.935. The Morgan fingerprint density at radius 1 is 1.59 bits per heavy atom. The van der Waals surface area contributed by atoms with Crippen molar-refractivity contribution in [2.24, 2.45) is 0 Å². The molecule has 1 aliphatic heterocycles. The van der Waals surface area contributed by atoms with Crippen LogP contribution in [0.1, 0.15) is 41.6 Å². The van der Waals surface area contributed by atoms with Gasteiger partial charge in [0.1, 0.15) is 23.9 Å². The lowest BCUT2D eigenvalue weighted by molar-refractivity contribution is 0.0636. The number of aliphatic hydroxyl groups is 1. The van der Waals surface area contributed by atoms with E-state index in [4.69, 9.17) is 16.0 Å². The van der Waals surface area contributed by atoms with Gasteiger partial charge >= 0.3 is 0 Å². The minimum Gasteiger partial charge on any atom is -0.467 e. The Labute approximate surface area is 132 Å². The normalized spacial score (nSPS) is 19.4. The molecule has 2 aromatic rings. The van der Waals surface area contributed by atoms with Crippen LogP contribution in [0.15, 0.2) is 35.3 Å². The Kier molecular flexibility index (Phi) is 4.40. The maximum atomic E-state index is 12.6. The van der Waals surface area contributed by atoms with E-state index < -0.39 is 6.10 Å². The van der Waals surface area contributed by atoms with Crippen molar-refractivity contribution < 1.29 is 14.3 Å². The molecule has 1 aliphatic rings. The van der Waals surface area contributed by atoms with Gasteiger partial charge in [-0.15, -0.1) is 0 Å². The highest BCUT2D eigenvalue weighted by Crippen LogP contribution is 2.29. The molecule has 116 valence electrons. The van der Waals surface area contributed by atoms with E-state index in [9.17, 15) is 9.90 Å². The number of hydrogen-bond donors (Lipinski definition) is 1. The van der Waals surface area contributed by atoms with Gasteiger partial charge in [-0.2, -0.15) is 0 Å². The number of carbonyl (C=O) groups excluding carboxylic acids is 1. The van der Waals surface area contributed by atoms with Crippen molar-refractivity contribution in [1.82, 2.24) is 14.9 Å². The molecular formula is C15H16ClN3O3. The molecule has 2 aromatic heterocycles. The number of halogens is 1. The SMILES string of the molecule is O=C(c1ncncc1Cl)N1CCCC1CC(O)c1ccco1. The van der Waals surface area contributed by atoms with Crippen LogP contribution < -0.4 is 0 Å².